The van der Waals surface area contributed by atoms with Crippen LogP contribution in [0.2, 0.25) is 0 Å². The molecular formula is C25H29N3O6. The van der Waals surface area contributed by atoms with E-state index in [4.69, 9.17) is 9.47 Å². The number of carbonyl (C=O) groups excluding carboxylic acids is 4. The molecule has 9 nitrogen and oxygen atoms in total. The Morgan fingerprint density at radius 2 is 1.68 bits per heavy atom. The highest BCUT2D eigenvalue weighted by molar-refractivity contribution is 5.96. The molecule has 0 unspecified atom stereocenters. The number of ether oxygens (including phenoxy) is 2. The van der Waals surface area contributed by atoms with Gasteiger partial charge in [0.2, 0.25) is 11.8 Å². The minimum atomic E-state index is -0.962. The molecule has 0 aliphatic heterocycles. The van der Waals surface area contributed by atoms with Crippen LogP contribution in [0, 0.1) is 6.92 Å². The van der Waals surface area contributed by atoms with Gasteiger partial charge in [0.15, 0.2) is 6.61 Å². The zero-order chi connectivity index (χ0) is 25.1. The maximum absolute atomic E-state index is 12.2. The molecule has 2 aromatic rings. The molecule has 0 heterocycles. The molecule has 2 N–H and O–H groups in total. The average Bonchev–Trinajstić information content (AvgIpc) is 2.82. The molecule has 0 saturated carbocycles. The van der Waals surface area contributed by atoms with Crippen molar-refractivity contribution in [3.8, 4) is 5.75 Å². The van der Waals surface area contributed by atoms with Crippen molar-refractivity contribution in [1.82, 2.24) is 10.2 Å². The summed E-state index contributed by atoms with van der Waals surface area (Å²) in [6.07, 6.45) is 2.88. The number of likely N-dealkylation sites (N-methyl/N-ethyl adjacent to an activating group) is 1. The highest BCUT2D eigenvalue weighted by Crippen LogP contribution is 2.12. The number of rotatable bonds is 10. The molecule has 0 aromatic heterocycles. The van der Waals surface area contributed by atoms with Gasteiger partial charge in [-0.1, -0.05) is 29.8 Å². The third-order valence-electron chi connectivity index (χ3n) is 4.74. The molecule has 0 radical (unpaired) electrons. The predicted molar refractivity (Wildman–Crippen MR) is 128 cm³/mol. The van der Waals surface area contributed by atoms with E-state index in [1.165, 1.54) is 20.0 Å². The number of carbonyl (C=O) groups is 4. The maximum atomic E-state index is 12.2. The van der Waals surface area contributed by atoms with Crippen LogP contribution in [0.5, 0.6) is 5.75 Å². The molecule has 0 bridgehead atoms. The van der Waals surface area contributed by atoms with Crippen LogP contribution in [0.15, 0.2) is 54.6 Å². The smallest absolute Gasteiger partial charge is 0.328 e. The summed E-state index contributed by atoms with van der Waals surface area (Å²) in [5.74, 6) is -1.49. The molecular weight excluding hydrogens is 438 g/mol. The molecule has 34 heavy (non-hydrogen) atoms. The van der Waals surface area contributed by atoms with Gasteiger partial charge in [0.25, 0.3) is 5.91 Å². The van der Waals surface area contributed by atoms with Gasteiger partial charge in [0.05, 0.1) is 13.7 Å². The van der Waals surface area contributed by atoms with Crippen molar-refractivity contribution in [2.75, 3.05) is 32.6 Å². The lowest BCUT2D eigenvalue weighted by Crippen LogP contribution is -2.41. The highest BCUT2D eigenvalue weighted by atomic mass is 16.5. The SMILES string of the molecule is COc1ccc(C=CC(=O)N[C@@H](C)C(=O)OCC(=O)N(C)CC(=O)Nc2ccc(C)cc2)cc1. The van der Waals surface area contributed by atoms with Crippen molar-refractivity contribution >= 4 is 35.5 Å². The summed E-state index contributed by atoms with van der Waals surface area (Å²) in [4.78, 5) is 49.6. The molecule has 3 amide bonds. The zero-order valence-corrected chi connectivity index (χ0v) is 19.7. The fourth-order valence-electron chi connectivity index (χ4n) is 2.72. The van der Waals surface area contributed by atoms with Gasteiger partial charge in [0, 0.05) is 18.8 Å². The Morgan fingerprint density at radius 1 is 1.03 bits per heavy atom. The van der Waals surface area contributed by atoms with Crippen LogP contribution in [0.25, 0.3) is 6.08 Å². The molecule has 0 fully saturated rings. The molecule has 9 heteroatoms. The number of amides is 3. The van der Waals surface area contributed by atoms with Gasteiger partial charge in [-0.15, -0.1) is 0 Å². The summed E-state index contributed by atoms with van der Waals surface area (Å²) >= 11 is 0. The Labute approximate surface area is 198 Å². The molecule has 0 aliphatic rings. The topological polar surface area (TPSA) is 114 Å². The number of benzene rings is 2. The first-order valence-corrected chi connectivity index (χ1v) is 10.6. The monoisotopic (exact) mass is 467 g/mol. The Bertz CT molecular complexity index is 1030. The van der Waals surface area contributed by atoms with E-state index >= 15 is 0 Å². The Balaban J connectivity index is 1.73. The van der Waals surface area contributed by atoms with Crippen LogP contribution in [0.3, 0.4) is 0 Å². The Hall–Kier alpha value is -4.14. The van der Waals surface area contributed by atoms with E-state index < -0.39 is 30.4 Å². The van der Waals surface area contributed by atoms with E-state index in [0.717, 1.165) is 16.0 Å². The van der Waals surface area contributed by atoms with Crippen LogP contribution < -0.4 is 15.4 Å². The molecule has 180 valence electrons. The number of nitrogens with zero attached hydrogens (tertiary/aromatic N) is 1. The van der Waals surface area contributed by atoms with Gasteiger partial charge in [0.1, 0.15) is 11.8 Å². The van der Waals surface area contributed by atoms with Crippen molar-refractivity contribution < 1.29 is 28.7 Å². The van der Waals surface area contributed by atoms with Crippen molar-refractivity contribution in [2.45, 2.75) is 19.9 Å². The molecule has 2 rings (SSSR count). The standard InChI is InChI=1S/C25H29N3O6/c1-17-5-10-20(11-6-17)27-23(30)15-28(3)24(31)16-34-25(32)18(2)26-22(29)14-9-19-7-12-21(33-4)13-8-19/h5-14,18H,15-16H2,1-4H3,(H,26,29)(H,27,30)/t18-/m0/s1. The first kappa shape index (κ1) is 26.1. The third kappa shape index (κ3) is 8.78. The van der Waals surface area contributed by atoms with E-state index in [-0.39, 0.29) is 12.5 Å². The first-order valence-electron chi connectivity index (χ1n) is 10.6. The van der Waals surface area contributed by atoms with Crippen molar-refractivity contribution in [1.29, 1.82) is 0 Å². The maximum Gasteiger partial charge on any atom is 0.328 e. The van der Waals surface area contributed by atoms with Gasteiger partial charge in [-0.05, 0) is 49.8 Å². The number of nitrogens with one attached hydrogen (secondary N) is 2. The number of hydrogen-bond donors (Lipinski definition) is 2. The van der Waals surface area contributed by atoms with Gasteiger partial charge < -0.3 is 25.0 Å². The van der Waals surface area contributed by atoms with E-state index in [2.05, 4.69) is 10.6 Å². The minimum Gasteiger partial charge on any atom is -0.497 e. The van der Waals surface area contributed by atoms with E-state index in [1.807, 2.05) is 19.1 Å². The van der Waals surface area contributed by atoms with E-state index in [0.29, 0.717) is 11.4 Å². The summed E-state index contributed by atoms with van der Waals surface area (Å²) in [5, 5.41) is 5.16. The number of methoxy groups -OCH3 is 1. The van der Waals surface area contributed by atoms with Crippen LogP contribution in [-0.2, 0) is 23.9 Å². The highest BCUT2D eigenvalue weighted by Gasteiger charge is 2.19. The molecule has 1 atom stereocenters. The van der Waals surface area contributed by atoms with Crippen LogP contribution in [0.1, 0.15) is 18.1 Å². The number of aryl methyl sites for hydroxylation is 1. The van der Waals surface area contributed by atoms with Gasteiger partial charge in [-0.3, -0.25) is 14.4 Å². The quantitative estimate of drug-likeness (QED) is 0.409. The average molecular weight is 468 g/mol. The summed E-state index contributed by atoms with van der Waals surface area (Å²) in [7, 11) is 2.99. The second-order valence-corrected chi connectivity index (χ2v) is 7.61. The molecule has 0 saturated heterocycles. The summed E-state index contributed by atoms with van der Waals surface area (Å²) < 4.78 is 10.0. The lowest BCUT2D eigenvalue weighted by molar-refractivity contribution is -0.153. The summed E-state index contributed by atoms with van der Waals surface area (Å²) in [6, 6.07) is 13.4. The number of hydrogen-bond acceptors (Lipinski definition) is 6. The van der Waals surface area contributed by atoms with Crippen LogP contribution >= 0.6 is 0 Å². The second kappa shape index (κ2) is 12.8. The Kier molecular flexibility index (Phi) is 9.82. The van der Waals surface area contributed by atoms with Gasteiger partial charge in [-0.2, -0.15) is 0 Å². The number of anilines is 1. The first-order chi connectivity index (χ1) is 16.2. The van der Waals surface area contributed by atoms with Gasteiger partial charge in [-0.25, -0.2) is 4.79 Å². The lowest BCUT2D eigenvalue weighted by Gasteiger charge is -2.18. The normalized spacial score (nSPS) is 11.4. The van der Waals surface area contributed by atoms with Crippen LogP contribution in [0.4, 0.5) is 5.69 Å². The minimum absolute atomic E-state index is 0.202. The van der Waals surface area contributed by atoms with Crippen molar-refractivity contribution in [2.24, 2.45) is 0 Å². The number of esters is 1. The molecule has 2 aromatic carbocycles. The fraction of sp³-hybridized carbons (Fsp3) is 0.280. The lowest BCUT2D eigenvalue weighted by atomic mass is 10.2. The van der Waals surface area contributed by atoms with E-state index in [9.17, 15) is 19.2 Å². The summed E-state index contributed by atoms with van der Waals surface area (Å²) in [5.41, 5.74) is 2.46. The van der Waals surface area contributed by atoms with Crippen LogP contribution in [-0.4, -0.2) is 61.9 Å². The Morgan fingerprint density at radius 3 is 2.29 bits per heavy atom. The second-order valence-electron chi connectivity index (χ2n) is 7.61. The van der Waals surface area contributed by atoms with Gasteiger partial charge >= 0.3 is 5.97 Å². The zero-order valence-electron chi connectivity index (χ0n) is 19.7. The van der Waals surface area contributed by atoms with Crippen molar-refractivity contribution in [3.63, 3.8) is 0 Å². The fourth-order valence-corrected chi connectivity index (χ4v) is 2.72. The molecule has 0 aliphatic carbocycles. The van der Waals surface area contributed by atoms with Crippen molar-refractivity contribution in [3.05, 3.63) is 65.7 Å². The predicted octanol–water partition coefficient (Wildman–Crippen LogP) is 2.16. The van der Waals surface area contributed by atoms with E-state index in [1.54, 1.807) is 49.6 Å². The third-order valence-corrected chi connectivity index (χ3v) is 4.74. The molecule has 0 spiro atoms. The largest absolute Gasteiger partial charge is 0.497 e. The summed E-state index contributed by atoms with van der Waals surface area (Å²) in [6.45, 7) is 2.64.